The SMILES string of the molecule is COc1cc(COC(Cn2cncn2)c2ccc(F)cc2F)c(OC)c(OC)c1C(C)C. The number of methoxy groups -OCH3 is 3. The molecule has 0 fully saturated rings. The van der Waals surface area contributed by atoms with Gasteiger partial charge in [-0.15, -0.1) is 0 Å². The molecule has 3 rings (SSSR count). The van der Waals surface area contributed by atoms with Crippen LogP contribution in [0.4, 0.5) is 8.78 Å². The Hall–Kier alpha value is -3.20. The summed E-state index contributed by atoms with van der Waals surface area (Å²) in [6.45, 7) is 4.30. The molecule has 32 heavy (non-hydrogen) atoms. The highest BCUT2D eigenvalue weighted by Gasteiger charge is 2.25. The summed E-state index contributed by atoms with van der Waals surface area (Å²) >= 11 is 0. The Bertz CT molecular complexity index is 1040. The van der Waals surface area contributed by atoms with E-state index in [-0.39, 0.29) is 24.6 Å². The molecule has 0 aliphatic rings. The number of halogens is 2. The number of hydrogen-bond acceptors (Lipinski definition) is 6. The molecule has 7 nitrogen and oxygen atoms in total. The van der Waals surface area contributed by atoms with Gasteiger partial charge in [-0.2, -0.15) is 5.10 Å². The van der Waals surface area contributed by atoms with Gasteiger partial charge in [0.1, 0.15) is 36.1 Å². The molecule has 3 aromatic rings. The smallest absolute Gasteiger partial charge is 0.168 e. The Balaban J connectivity index is 1.97. The largest absolute Gasteiger partial charge is 0.496 e. The topological polar surface area (TPSA) is 67.6 Å². The van der Waals surface area contributed by atoms with E-state index >= 15 is 0 Å². The molecule has 1 atom stereocenters. The van der Waals surface area contributed by atoms with Crippen LogP contribution in [0, 0.1) is 11.6 Å². The van der Waals surface area contributed by atoms with Crippen molar-refractivity contribution in [1.82, 2.24) is 14.8 Å². The Morgan fingerprint density at radius 1 is 1.00 bits per heavy atom. The zero-order valence-electron chi connectivity index (χ0n) is 18.8. The first-order valence-electron chi connectivity index (χ1n) is 10.1. The second-order valence-corrected chi connectivity index (χ2v) is 7.46. The minimum absolute atomic E-state index is 0.0600. The summed E-state index contributed by atoms with van der Waals surface area (Å²) in [6, 6.07) is 5.22. The predicted molar refractivity (Wildman–Crippen MR) is 114 cm³/mol. The molecule has 9 heteroatoms. The minimum Gasteiger partial charge on any atom is -0.496 e. The third-order valence-corrected chi connectivity index (χ3v) is 5.09. The Labute approximate surface area is 185 Å². The lowest BCUT2D eigenvalue weighted by Gasteiger charge is -2.23. The first-order valence-corrected chi connectivity index (χ1v) is 10.1. The van der Waals surface area contributed by atoms with Gasteiger partial charge in [0, 0.05) is 22.8 Å². The molecule has 0 aliphatic heterocycles. The number of benzene rings is 2. The normalized spacial score (nSPS) is 12.1. The van der Waals surface area contributed by atoms with Gasteiger partial charge in [-0.05, 0) is 18.1 Å². The van der Waals surface area contributed by atoms with Crippen molar-refractivity contribution in [3.8, 4) is 17.2 Å². The van der Waals surface area contributed by atoms with E-state index in [4.69, 9.17) is 18.9 Å². The molecule has 0 aliphatic carbocycles. The Morgan fingerprint density at radius 3 is 2.31 bits per heavy atom. The van der Waals surface area contributed by atoms with Crippen molar-refractivity contribution in [2.45, 2.75) is 39.0 Å². The lowest BCUT2D eigenvalue weighted by Crippen LogP contribution is -2.15. The average molecular weight is 447 g/mol. The van der Waals surface area contributed by atoms with Crippen LogP contribution in [0.2, 0.25) is 0 Å². The number of hydrogen-bond donors (Lipinski definition) is 0. The molecule has 1 unspecified atom stereocenters. The molecular formula is C23H27F2N3O4. The van der Waals surface area contributed by atoms with Gasteiger partial charge in [0.2, 0.25) is 0 Å². The highest BCUT2D eigenvalue weighted by atomic mass is 19.1. The zero-order chi connectivity index (χ0) is 23.3. The molecule has 1 aromatic heterocycles. The maximum Gasteiger partial charge on any atom is 0.168 e. The Kier molecular flexibility index (Phi) is 7.63. The first-order chi connectivity index (χ1) is 15.4. The number of aromatic nitrogens is 3. The summed E-state index contributed by atoms with van der Waals surface area (Å²) in [5.74, 6) is 0.463. The molecule has 0 spiro atoms. The van der Waals surface area contributed by atoms with E-state index in [2.05, 4.69) is 10.1 Å². The van der Waals surface area contributed by atoms with Crippen LogP contribution in [0.1, 0.15) is 42.6 Å². The fourth-order valence-corrected chi connectivity index (χ4v) is 3.62. The molecule has 2 aromatic carbocycles. The molecule has 172 valence electrons. The van der Waals surface area contributed by atoms with Crippen molar-refractivity contribution in [2.75, 3.05) is 21.3 Å². The quantitative estimate of drug-likeness (QED) is 0.450. The summed E-state index contributed by atoms with van der Waals surface area (Å²) in [5.41, 5.74) is 1.75. The molecule has 0 radical (unpaired) electrons. The molecule has 0 saturated heterocycles. The van der Waals surface area contributed by atoms with E-state index in [1.54, 1.807) is 21.3 Å². The lowest BCUT2D eigenvalue weighted by atomic mass is 9.97. The van der Waals surface area contributed by atoms with Gasteiger partial charge in [-0.1, -0.05) is 19.9 Å². The second kappa shape index (κ2) is 10.4. The van der Waals surface area contributed by atoms with Crippen LogP contribution in [-0.2, 0) is 17.9 Å². The Morgan fingerprint density at radius 2 is 1.75 bits per heavy atom. The summed E-state index contributed by atoms with van der Waals surface area (Å²) in [6.07, 6.45) is 2.12. The van der Waals surface area contributed by atoms with Crippen LogP contribution in [-0.4, -0.2) is 36.1 Å². The predicted octanol–water partition coefficient (Wildman–Crippen LogP) is 4.66. The maximum absolute atomic E-state index is 14.5. The zero-order valence-corrected chi connectivity index (χ0v) is 18.8. The summed E-state index contributed by atoms with van der Waals surface area (Å²) in [5, 5.41) is 4.07. The van der Waals surface area contributed by atoms with E-state index in [9.17, 15) is 8.78 Å². The third-order valence-electron chi connectivity index (χ3n) is 5.09. The standard InChI is InChI=1S/C23H27F2N3O4/c1-14(2)21-19(29-3)8-15(22(30-4)23(21)31-5)11-32-20(10-28-13-26-12-27-28)17-7-6-16(24)9-18(17)25/h6-9,12-14,20H,10-11H2,1-5H3. The fraction of sp³-hybridized carbons (Fsp3) is 0.391. The van der Waals surface area contributed by atoms with Crippen LogP contribution in [0.25, 0.3) is 0 Å². The molecule has 1 heterocycles. The molecule has 0 saturated carbocycles. The van der Waals surface area contributed by atoms with Crippen LogP contribution < -0.4 is 14.2 Å². The average Bonchev–Trinajstić information content (AvgIpc) is 3.28. The highest BCUT2D eigenvalue weighted by molar-refractivity contribution is 5.59. The molecular weight excluding hydrogens is 420 g/mol. The van der Waals surface area contributed by atoms with Crippen LogP contribution in [0.5, 0.6) is 17.2 Å². The van der Waals surface area contributed by atoms with E-state index in [0.717, 1.165) is 11.6 Å². The molecule has 0 amide bonds. The van der Waals surface area contributed by atoms with Crippen molar-refractivity contribution in [3.63, 3.8) is 0 Å². The number of ether oxygens (including phenoxy) is 4. The van der Waals surface area contributed by atoms with Gasteiger partial charge >= 0.3 is 0 Å². The van der Waals surface area contributed by atoms with Gasteiger partial charge in [-0.3, -0.25) is 4.68 Å². The van der Waals surface area contributed by atoms with Crippen molar-refractivity contribution in [1.29, 1.82) is 0 Å². The van der Waals surface area contributed by atoms with Crippen molar-refractivity contribution >= 4 is 0 Å². The summed E-state index contributed by atoms with van der Waals surface area (Å²) in [7, 11) is 4.69. The monoisotopic (exact) mass is 447 g/mol. The highest BCUT2D eigenvalue weighted by Crippen LogP contribution is 2.45. The van der Waals surface area contributed by atoms with Gasteiger partial charge in [0.05, 0.1) is 34.5 Å². The van der Waals surface area contributed by atoms with Crippen LogP contribution in [0.3, 0.4) is 0 Å². The number of nitrogens with zero attached hydrogens (tertiary/aromatic N) is 3. The summed E-state index contributed by atoms with van der Waals surface area (Å²) in [4.78, 5) is 3.91. The molecule has 0 bridgehead atoms. The first kappa shape index (κ1) is 23.5. The third kappa shape index (κ3) is 4.99. The van der Waals surface area contributed by atoms with E-state index in [0.29, 0.717) is 22.8 Å². The lowest BCUT2D eigenvalue weighted by molar-refractivity contribution is 0.0222. The van der Waals surface area contributed by atoms with Gasteiger partial charge in [0.25, 0.3) is 0 Å². The fourth-order valence-electron chi connectivity index (χ4n) is 3.62. The van der Waals surface area contributed by atoms with Crippen molar-refractivity contribution < 1.29 is 27.7 Å². The van der Waals surface area contributed by atoms with Crippen LogP contribution >= 0.6 is 0 Å². The minimum atomic E-state index is -0.760. The van der Waals surface area contributed by atoms with E-state index in [1.807, 2.05) is 19.9 Å². The summed E-state index contributed by atoms with van der Waals surface area (Å²) < 4.78 is 52.5. The van der Waals surface area contributed by atoms with Crippen molar-refractivity contribution in [3.05, 3.63) is 65.2 Å². The van der Waals surface area contributed by atoms with Gasteiger partial charge < -0.3 is 18.9 Å². The maximum atomic E-state index is 14.5. The second-order valence-electron chi connectivity index (χ2n) is 7.46. The number of rotatable bonds is 10. The van der Waals surface area contributed by atoms with E-state index in [1.165, 1.54) is 29.5 Å². The van der Waals surface area contributed by atoms with Gasteiger partial charge in [-0.25, -0.2) is 13.8 Å². The van der Waals surface area contributed by atoms with Crippen molar-refractivity contribution in [2.24, 2.45) is 0 Å². The van der Waals surface area contributed by atoms with Gasteiger partial charge in [0.15, 0.2) is 11.5 Å². The van der Waals surface area contributed by atoms with Crippen LogP contribution in [0.15, 0.2) is 36.9 Å². The molecule has 0 N–H and O–H groups in total. The van der Waals surface area contributed by atoms with E-state index < -0.39 is 17.7 Å².